The first-order chi connectivity index (χ1) is 4.93. The lowest BCUT2D eigenvalue weighted by molar-refractivity contribution is 0.281. The van der Waals surface area contributed by atoms with Gasteiger partial charge in [0.1, 0.15) is 0 Å². The summed E-state index contributed by atoms with van der Waals surface area (Å²) in [6, 6.07) is 0. The molecule has 0 nitrogen and oxygen atoms in total. The Morgan fingerprint density at radius 3 is 1.20 bits per heavy atom. The number of hydrogen-bond donors (Lipinski definition) is 0. The molecule has 0 aromatic rings. The Balaban J connectivity index is 2.07. The van der Waals surface area contributed by atoms with Crippen LogP contribution in [0.1, 0.15) is 12.8 Å². The average Bonchev–Trinajstić information content (AvgIpc) is 2.41. The van der Waals surface area contributed by atoms with Gasteiger partial charge >= 0.3 is 0 Å². The number of hydrogen-bond acceptors (Lipinski definition) is 0. The van der Waals surface area contributed by atoms with E-state index in [2.05, 4.69) is 24.3 Å². The van der Waals surface area contributed by atoms with Gasteiger partial charge in [-0.2, -0.15) is 0 Å². The summed E-state index contributed by atoms with van der Waals surface area (Å²) < 4.78 is 0. The van der Waals surface area contributed by atoms with Crippen molar-refractivity contribution >= 4 is 0 Å². The number of rotatable bonds is 0. The minimum atomic E-state index is 0.917. The Morgan fingerprint density at radius 1 is 0.600 bits per heavy atom. The number of fused-ring (bicyclic) bond motifs is 6. The molecule has 3 aliphatic carbocycles. The van der Waals surface area contributed by atoms with Gasteiger partial charge in [-0.1, -0.05) is 24.3 Å². The highest BCUT2D eigenvalue weighted by atomic mass is 14.4. The van der Waals surface area contributed by atoms with Crippen molar-refractivity contribution in [2.75, 3.05) is 0 Å². The van der Waals surface area contributed by atoms with Crippen molar-refractivity contribution < 1.29 is 0 Å². The molecule has 0 N–H and O–H groups in total. The zero-order chi connectivity index (χ0) is 6.55. The van der Waals surface area contributed by atoms with Crippen molar-refractivity contribution in [2.24, 2.45) is 23.7 Å². The third kappa shape index (κ3) is 0.484. The molecule has 0 heteroatoms. The quantitative estimate of drug-likeness (QED) is 0.444. The van der Waals surface area contributed by atoms with E-state index in [9.17, 15) is 0 Å². The summed E-state index contributed by atoms with van der Waals surface area (Å²) >= 11 is 0. The van der Waals surface area contributed by atoms with Gasteiger partial charge in [-0.05, 0) is 36.5 Å². The Labute approximate surface area is 61.6 Å². The van der Waals surface area contributed by atoms with Gasteiger partial charge in [-0.15, -0.1) is 0 Å². The molecule has 1 saturated carbocycles. The summed E-state index contributed by atoms with van der Waals surface area (Å²) in [6.07, 6.45) is 12.7. The number of allylic oxidation sites excluding steroid dienone is 4. The zero-order valence-electron chi connectivity index (χ0n) is 6.03. The second-order valence-corrected chi connectivity index (χ2v) is 3.90. The van der Waals surface area contributed by atoms with Crippen molar-refractivity contribution in [1.29, 1.82) is 0 Å². The summed E-state index contributed by atoms with van der Waals surface area (Å²) in [6.45, 7) is 0. The smallest absolute Gasteiger partial charge is 0.0164 e. The van der Waals surface area contributed by atoms with Gasteiger partial charge in [0, 0.05) is 0 Å². The summed E-state index contributed by atoms with van der Waals surface area (Å²) in [4.78, 5) is 0. The largest absolute Gasteiger partial charge is 0.0845 e. The van der Waals surface area contributed by atoms with Crippen LogP contribution in [-0.2, 0) is 0 Å². The fraction of sp³-hybridized carbons (Fsp3) is 0.600. The molecule has 4 atom stereocenters. The maximum absolute atomic E-state index is 2.44. The van der Waals surface area contributed by atoms with Gasteiger partial charge in [-0.3, -0.25) is 0 Å². The first-order valence-electron chi connectivity index (χ1n) is 4.30. The lowest BCUT2D eigenvalue weighted by atomic mass is 9.78. The minimum absolute atomic E-state index is 0.917. The molecule has 0 spiro atoms. The minimum Gasteiger partial charge on any atom is -0.0845 e. The molecule has 1 fully saturated rings. The molecule has 0 aromatic heterocycles. The Morgan fingerprint density at radius 2 is 0.900 bits per heavy atom. The van der Waals surface area contributed by atoms with Crippen molar-refractivity contribution in [1.82, 2.24) is 0 Å². The van der Waals surface area contributed by atoms with E-state index in [4.69, 9.17) is 0 Å². The van der Waals surface area contributed by atoms with Crippen LogP contribution in [-0.4, -0.2) is 0 Å². The molecule has 0 amide bonds. The third-order valence-corrected chi connectivity index (χ3v) is 3.40. The summed E-state index contributed by atoms with van der Waals surface area (Å²) in [5, 5.41) is 0. The predicted octanol–water partition coefficient (Wildman–Crippen LogP) is 2.38. The second-order valence-electron chi connectivity index (χ2n) is 3.90. The van der Waals surface area contributed by atoms with Crippen LogP contribution in [0.15, 0.2) is 24.3 Å². The van der Waals surface area contributed by atoms with E-state index in [-0.39, 0.29) is 0 Å². The van der Waals surface area contributed by atoms with Crippen LogP contribution in [0.25, 0.3) is 0 Å². The van der Waals surface area contributed by atoms with E-state index in [1.165, 1.54) is 12.8 Å². The van der Waals surface area contributed by atoms with Gasteiger partial charge in [0.15, 0.2) is 0 Å². The monoisotopic (exact) mass is 132 g/mol. The van der Waals surface area contributed by atoms with E-state index in [1.807, 2.05) is 0 Å². The lowest BCUT2D eigenvalue weighted by Gasteiger charge is -2.26. The highest BCUT2D eigenvalue weighted by Crippen LogP contribution is 2.48. The van der Waals surface area contributed by atoms with Crippen molar-refractivity contribution in [2.45, 2.75) is 12.8 Å². The Bertz CT molecular complexity index is 168. The SMILES string of the molecule is C1=C[C@@H]2CC1[C@@H]1C=CC2C1. The van der Waals surface area contributed by atoms with Crippen molar-refractivity contribution in [3.63, 3.8) is 0 Å². The fourth-order valence-corrected chi connectivity index (χ4v) is 2.78. The van der Waals surface area contributed by atoms with Crippen molar-refractivity contribution in [3.05, 3.63) is 24.3 Å². The van der Waals surface area contributed by atoms with Crippen LogP contribution < -0.4 is 0 Å². The molecular weight excluding hydrogens is 120 g/mol. The molecule has 0 aromatic carbocycles. The molecule has 52 valence electrons. The van der Waals surface area contributed by atoms with Crippen LogP contribution in [0.5, 0.6) is 0 Å². The predicted molar refractivity (Wildman–Crippen MR) is 41.5 cm³/mol. The van der Waals surface area contributed by atoms with Crippen LogP contribution >= 0.6 is 0 Å². The van der Waals surface area contributed by atoms with Gasteiger partial charge in [0.05, 0.1) is 0 Å². The maximum Gasteiger partial charge on any atom is -0.0164 e. The highest BCUT2D eigenvalue weighted by molar-refractivity contribution is 5.20. The second kappa shape index (κ2) is 1.55. The standard InChI is InChI=1S/C10H12/c1-2-8-5-7(1)9-3-4-10(8)6-9/h1-4,7-10H,5-6H2/t7-,8?,9?,10-/m1/s1. The molecule has 3 aliphatic rings. The zero-order valence-corrected chi connectivity index (χ0v) is 6.03. The molecule has 0 saturated heterocycles. The van der Waals surface area contributed by atoms with Crippen LogP contribution in [0.3, 0.4) is 0 Å². The first kappa shape index (κ1) is 5.17. The average molecular weight is 132 g/mol. The van der Waals surface area contributed by atoms with Gasteiger partial charge in [0.2, 0.25) is 0 Å². The molecule has 2 unspecified atom stereocenters. The summed E-state index contributed by atoms with van der Waals surface area (Å²) in [5.74, 6) is 3.67. The van der Waals surface area contributed by atoms with Gasteiger partial charge in [0.25, 0.3) is 0 Å². The fourth-order valence-electron chi connectivity index (χ4n) is 2.78. The van der Waals surface area contributed by atoms with Gasteiger partial charge < -0.3 is 0 Å². The molecule has 4 bridgehead atoms. The van der Waals surface area contributed by atoms with E-state index in [0.29, 0.717) is 0 Å². The molecule has 10 heavy (non-hydrogen) atoms. The molecule has 0 aliphatic heterocycles. The molecule has 0 radical (unpaired) electrons. The highest BCUT2D eigenvalue weighted by Gasteiger charge is 2.39. The molecule has 3 rings (SSSR count). The van der Waals surface area contributed by atoms with Crippen molar-refractivity contribution in [3.8, 4) is 0 Å². The van der Waals surface area contributed by atoms with Crippen LogP contribution in [0.2, 0.25) is 0 Å². The van der Waals surface area contributed by atoms with Crippen LogP contribution in [0, 0.1) is 23.7 Å². The first-order valence-corrected chi connectivity index (χ1v) is 4.30. The van der Waals surface area contributed by atoms with E-state index < -0.39 is 0 Å². The van der Waals surface area contributed by atoms with Gasteiger partial charge in [-0.25, -0.2) is 0 Å². The molecular formula is C10H12. The van der Waals surface area contributed by atoms with E-state index >= 15 is 0 Å². The topological polar surface area (TPSA) is 0 Å². The van der Waals surface area contributed by atoms with Crippen LogP contribution in [0.4, 0.5) is 0 Å². The lowest BCUT2D eigenvalue weighted by Crippen LogP contribution is -2.19. The third-order valence-electron chi connectivity index (χ3n) is 3.40. The Kier molecular flexibility index (Phi) is 0.803. The Hall–Kier alpha value is -0.520. The van der Waals surface area contributed by atoms with E-state index in [0.717, 1.165) is 23.7 Å². The van der Waals surface area contributed by atoms with E-state index in [1.54, 1.807) is 0 Å². The molecule has 0 heterocycles. The summed E-state index contributed by atoms with van der Waals surface area (Å²) in [7, 11) is 0. The summed E-state index contributed by atoms with van der Waals surface area (Å²) in [5.41, 5.74) is 0. The normalized spacial score (nSPS) is 54.4. The maximum atomic E-state index is 2.44.